The van der Waals surface area contributed by atoms with E-state index in [9.17, 15) is 33.6 Å². The van der Waals surface area contributed by atoms with E-state index in [2.05, 4.69) is 142 Å². The molecule has 0 aromatic heterocycles. The minimum absolute atomic E-state index is 0.0137. The summed E-state index contributed by atoms with van der Waals surface area (Å²) in [5, 5.41) is 51.2. The molecule has 0 saturated carbocycles. The molecular weight excluding hydrogens is 1150 g/mol. The van der Waals surface area contributed by atoms with Crippen molar-refractivity contribution in [3.8, 4) is 34.5 Å². The van der Waals surface area contributed by atoms with E-state index < -0.39 is 40.3 Å². The Labute approximate surface area is 533 Å². The predicted molar refractivity (Wildman–Crippen MR) is 355 cm³/mol. The number of hydrazine groups is 1. The van der Waals surface area contributed by atoms with Crippen LogP contribution in [0.1, 0.15) is 199 Å². The fraction of sp³-hybridized carbons (Fsp3) is 0.427. The first kappa shape index (κ1) is 67.0. The molecule has 6 aliphatic rings. The molecule has 7 aromatic carbocycles. The van der Waals surface area contributed by atoms with Gasteiger partial charge in [-0.15, -0.1) is 0 Å². The molecule has 1 amide bonds. The van der Waals surface area contributed by atoms with Crippen molar-refractivity contribution in [2.24, 2.45) is 5.92 Å². The van der Waals surface area contributed by atoms with E-state index in [4.69, 9.17) is 18.9 Å². The van der Waals surface area contributed by atoms with E-state index in [0.717, 1.165) is 77.3 Å². The number of rotatable bonds is 7. The largest absolute Gasteiger partial charge is 0.507 e. The molecule has 0 saturated heterocycles. The maximum absolute atomic E-state index is 14.5. The molecule has 0 spiro atoms. The van der Waals surface area contributed by atoms with Crippen LogP contribution in [-0.2, 0) is 62.2 Å². The molecule has 0 radical (unpaired) electrons. The number of benzene rings is 7. The summed E-state index contributed by atoms with van der Waals surface area (Å²) in [6, 6.07) is 35.4. The summed E-state index contributed by atoms with van der Waals surface area (Å²) in [5.74, 6) is 1.22. The normalized spacial score (nSPS) is 17.1. The summed E-state index contributed by atoms with van der Waals surface area (Å²) in [6.07, 6.45) is -1.63. The number of aryl methyl sites for hydroxylation is 1. The van der Waals surface area contributed by atoms with Gasteiger partial charge in [-0.25, -0.2) is 8.42 Å². The molecule has 4 atom stereocenters. The van der Waals surface area contributed by atoms with Gasteiger partial charge in [0.15, 0.2) is 12.5 Å². The third kappa shape index (κ3) is 15.5. The monoisotopic (exact) mass is 1240 g/mol. The van der Waals surface area contributed by atoms with E-state index in [1.54, 1.807) is 67.6 Å². The van der Waals surface area contributed by atoms with Gasteiger partial charge in [-0.2, -0.15) is 9.73 Å². The minimum atomic E-state index is -4.20. The van der Waals surface area contributed by atoms with Crippen LogP contribution in [0.3, 0.4) is 0 Å². The lowest BCUT2D eigenvalue weighted by molar-refractivity contribution is -0.161. The highest BCUT2D eigenvalue weighted by molar-refractivity contribution is 7.89. The van der Waals surface area contributed by atoms with Crippen molar-refractivity contribution in [3.05, 3.63) is 205 Å². The van der Waals surface area contributed by atoms with Crippen LogP contribution < -0.4 is 29.1 Å². The first-order valence-electron chi connectivity index (χ1n) is 31.5. The average Bonchev–Trinajstić information content (AvgIpc) is 1.20. The molecule has 5 heterocycles. The summed E-state index contributed by atoms with van der Waals surface area (Å²) < 4.78 is 56.9. The highest BCUT2D eigenvalue weighted by Crippen LogP contribution is 2.44. The van der Waals surface area contributed by atoms with Crippen molar-refractivity contribution < 1.29 is 52.6 Å². The van der Waals surface area contributed by atoms with Crippen LogP contribution in [0.5, 0.6) is 34.5 Å². The topological polar surface area (TPSA) is 196 Å². The van der Waals surface area contributed by atoms with Crippen LogP contribution in [-0.4, -0.2) is 72.2 Å². The maximum Gasteiger partial charge on any atom is 0.252 e. The van der Waals surface area contributed by atoms with Gasteiger partial charge in [0, 0.05) is 25.7 Å². The zero-order valence-corrected chi connectivity index (χ0v) is 56.0. The Hall–Kier alpha value is -7.40. The molecule has 14 bridgehead atoms. The number of nitrogens with zero attached hydrogens (tertiary/aromatic N) is 1. The van der Waals surface area contributed by atoms with E-state index in [1.165, 1.54) is 12.1 Å². The number of carbonyl (C=O) groups excluding carboxylic acids is 1. The lowest BCUT2D eigenvalue weighted by atomic mass is 9.79. The maximum atomic E-state index is 14.5. The van der Waals surface area contributed by atoms with Crippen LogP contribution >= 0.6 is 0 Å². The number of fused-ring (bicyclic) bond motifs is 1. The van der Waals surface area contributed by atoms with Crippen LogP contribution in [0.2, 0.25) is 0 Å². The number of phenols is 2. The van der Waals surface area contributed by atoms with E-state index >= 15 is 0 Å². The Kier molecular flexibility index (Phi) is 19.7. The SMILES string of the molecule is CC[C@H](C)[C@H](NS(=O)(=O)c1ccc(C)cc1)C(=O)NN1C(O)c2ccc(cc2)OCCOc2c3cc(C(C)(C)C)cc2Cc2cc(C(C)(C)C)cc(c2O)Cc2cc(C(C)(C)C)cc(c2OCCOc2ccc(cc2)C1O)Cc1cc(C(C)(C)C)cc(c1O)C3. The first-order chi connectivity index (χ1) is 42.2. The Balaban J connectivity index is 1.19. The number of aliphatic hydroxyl groups is 2. The highest BCUT2D eigenvalue weighted by Gasteiger charge is 2.36. The second-order valence-electron chi connectivity index (χ2n) is 28.7. The van der Waals surface area contributed by atoms with Crippen molar-refractivity contribution >= 4 is 15.9 Å². The van der Waals surface area contributed by atoms with Crippen LogP contribution in [0.15, 0.2) is 126 Å². The Morgan fingerprint density at radius 3 is 1.13 bits per heavy atom. The zero-order valence-electron chi connectivity index (χ0n) is 55.2. The lowest BCUT2D eigenvalue weighted by Gasteiger charge is -2.35. The number of sulfonamides is 1. The van der Waals surface area contributed by atoms with Gasteiger partial charge in [0.05, 0.1) is 4.90 Å². The number of carbonyl (C=O) groups is 1. The predicted octanol–water partition coefficient (Wildman–Crippen LogP) is 13.9. The van der Waals surface area contributed by atoms with Gasteiger partial charge in [0.2, 0.25) is 10.0 Å². The van der Waals surface area contributed by atoms with Gasteiger partial charge >= 0.3 is 0 Å². The summed E-state index contributed by atoms with van der Waals surface area (Å²) in [6.45, 7) is 32.1. The minimum Gasteiger partial charge on any atom is -0.507 e. The second kappa shape index (κ2) is 26.4. The smallest absolute Gasteiger partial charge is 0.252 e. The number of nitrogens with one attached hydrogen (secondary N) is 2. The van der Waals surface area contributed by atoms with E-state index in [-0.39, 0.29) is 75.6 Å². The van der Waals surface area contributed by atoms with Crippen molar-refractivity contribution in [1.29, 1.82) is 0 Å². The molecule has 15 heteroatoms. The first-order valence-corrected chi connectivity index (χ1v) is 32.9. The number of amides is 1. The van der Waals surface area contributed by atoms with Crippen LogP contribution in [0.25, 0.3) is 0 Å². The third-order valence-electron chi connectivity index (χ3n) is 17.4. The molecule has 5 aliphatic heterocycles. The number of phenolic OH excluding ortho intramolecular Hbond substituents is 2. The molecule has 13 rings (SSSR count). The number of hydrogen-bond acceptors (Lipinski definition) is 12. The van der Waals surface area contributed by atoms with Gasteiger partial charge in [-0.3, -0.25) is 10.2 Å². The third-order valence-corrected chi connectivity index (χ3v) is 18.9. The van der Waals surface area contributed by atoms with Crippen LogP contribution in [0, 0.1) is 12.8 Å². The summed E-state index contributed by atoms with van der Waals surface area (Å²) in [7, 11) is -4.20. The fourth-order valence-corrected chi connectivity index (χ4v) is 12.8. The molecule has 0 fully saturated rings. The van der Waals surface area contributed by atoms with Crippen LogP contribution in [0.4, 0.5) is 0 Å². The van der Waals surface area contributed by atoms with Crippen molar-refractivity contribution in [2.75, 3.05) is 26.4 Å². The molecule has 2 unspecified atom stereocenters. The zero-order chi connectivity index (χ0) is 65.4. The van der Waals surface area contributed by atoms with Crippen molar-refractivity contribution in [3.63, 3.8) is 0 Å². The average molecular weight is 1240 g/mol. The Bertz CT molecular complexity index is 3540. The molecular formula is C75H93N3O11S. The molecule has 90 heavy (non-hydrogen) atoms. The number of ether oxygens (including phenoxy) is 4. The van der Waals surface area contributed by atoms with Gasteiger partial charge < -0.3 is 39.4 Å². The Morgan fingerprint density at radius 1 is 0.511 bits per heavy atom. The number of aliphatic hydroxyl groups excluding tert-OH is 2. The molecule has 14 nitrogen and oxygen atoms in total. The van der Waals surface area contributed by atoms with Crippen molar-refractivity contribution in [1.82, 2.24) is 15.2 Å². The summed E-state index contributed by atoms with van der Waals surface area (Å²) in [4.78, 5) is 14.5. The molecule has 7 aromatic rings. The summed E-state index contributed by atoms with van der Waals surface area (Å²) >= 11 is 0. The fourth-order valence-electron chi connectivity index (χ4n) is 11.5. The van der Waals surface area contributed by atoms with Crippen molar-refractivity contribution in [2.45, 2.75) is 181 Å². The second-order valence-corrected chi connectivity index (χ2v) is 30.4. The van der Waals surface area contributed by atoms with Gasteiger partial charge in [-0.05, 0) is 149 Å². The number of hydrogen-bond donors (Lipinski definition) is 6. The molecule has 1 aliphatic carbocycles. The standard InChI is InChI=1S/C75H93N3O11S/c1-16-46(3)64(77-90(84,85)63-27-17-45(2)18-28-63)69(81)76-78-70(82)47-19-23-61(24-20-47)86-29-31-88-67-53-33-49-37-57(72(4,5)6)38-50(65(49)79)34-54-42-60(75(13,14)15)44-56(68(54)89-32-30-87-62-25-21-48(22-26-62)71(78)83)36-52-40-58(73(7,8)9)39-51(66(52)80)35-55(67)43-59(41-53)74(10,11)12/h17-28,37-44,46,64,70-71,77,79-80,82-83H,16,29-36H2,1-15H3,(H,76,81)/t46-,64-,70?,71?/m0/s1. The lowest BCUT2D eigenvalue weighted by Crippen LogP contribution is -2.56. The number of aromatic hydroxyl groups is 2. The van der Waals surface area contributed by atoms with Gasteiger partial charge in [0.1, 0.15) is 67.0 Å². The summed E-state index contributed by atoms with van der Waals surface area (Å²) in [5.41, 5.74) is 13.6. The van der Waals surface area contributed by atoms with Gasteiger partial charge in [0.25, 0.3) is 5.91 Å². The van der Waals surface area contributed by atoms with Gasteiger partial charge in [-0.1, -0.05) is 194 Å². The molecule has 480 valence electrons. The quantitative estimate of drug-likeness (QED) is 0.0885. The Morgan fingerprint density at radius 2 is 0.822 bits per heavy atom. The highest BCUT2D eigenvalue weighted by atomic mass is 32.2. The van der Waals surface area contributed by atoms with E-state index in [1.807, 2.05) is 13.8 Å². The van der Waals surface area contributed by atoms with E-state index in [0.29, 0.717) is 55.1 Å². The molecule has 6 N–H and O–H groups in total.